The smallest absolute Gasteiger partial charge is 0.336 e. The lowest BCUT2D eigenvalue weighted by atomic mass is 9.71. The van der Waals surface area contributed by atoms with Crippen LogP contribution in [0.15, 0.2) is 58.9 Å². The predicted molar refractivity (Wildman–Crippen MR) is 143 cm³/mol. The van der Waals surface area contributed by atoms with Gasteiger partial charge in [-0.2, -0.15) is 0 Å². The standard InChI is InChI=1S/C28H29ClN2O8/c1-15-25(28(33)39-10-9-36-2)26(19-14-18(31(34)35)6-7-20(19)29)27-21(30-15)11-17(12-22(27)32)16-5-8-23(37-3)24(13-16)38-4/h5-8,13-14,17,26,30H,9-12H2,1-4H3. The van der Waals surface area contributed by atoms with Gasteiger partial charge in [-0.1, -0.05) is 17.7 Å². The Hall–Kier alpha value is -3.89. The highest BCUT2D eigenvalue weighted by molar-refractivity contribution is 6.31. The number of carbonyl (C=O) groups is 2. The molecule has 0 spiro atoms. The van der Waals surface area contributed by atoms with Gasteiger partial charge in [0.05, 0.1) is 31.3 Å². The van der Waals surface area contributed by atoms with Crippen LogP contribution in [0.3, 0.4) is 0 Å². The van der Waals surface area contributed by atoms with E-state index in [-0.39, 0.29) is 53.2 Å². The normalized spacial score (nSPS) is 18.8. The topological polar surface area (TPSA) is 126 Å². The molecule has 2 aromatic rings. The van der Waals surface area contributed by atoms with E-state index in [1.54, 1.807) is 27.2 Å². The van der Waals surface area contributed by atoms with Gasteiger partial charge in [-0.25, -0.2) is 4.79 Å². The molecule has 2 aliphatic rings. The van der Waals surface area contributed by atoms with Crippen molar-refractivity contribution in [1.82, 2.24) is 5.32 Å². The number of nitrogens with one attached hydrogen (secondary N) is 1. The van der Waals surface area contributed by atoms with Gasteiger partial charge in [0.1, 0.15) is 6.61 Å². The molecule has 0 aromatic heterocycles. The maximum absolute atomic E-state index is 13.8. The van der Waals surface area contributed by atoms with Crippen LogP contribution in [-0.4, -0.2) is 51.2 Å². The number of benzene rings is 2. The molecule has 206 valence electrons. The van der Waals surface area contributed by atoms with E-state index in [1.165, 1.54) is 25.3 Å². The van der Waals surface area contributed by atoms with E-state index in [4.69, 9.17) is 30.5 Å². The molecule has 39 heavy (non-hydrogen) atoms. The number of nitro benzene ring substituents is 1. The summed E-state index contributed by atoms with van der Waals surface area (Å²) in [5.41, 5.74) is 2.60. The monoisotopic (exact) mass is 556 g/mol. The molecule has 2 atom stereocenters. The maximum atomic E-state index is 13.8. The number of allylic oxidation sites excluding steroid dienone is 3. The van der Waals surface area contributed by atoms with E-state index in [0.717, 1.165) is 5.56 Å². The number of carbonyl (C=O) groups excluding carboxylic acids is 2. The number of nitro groups is 1. The number of ketones is 1. The Morgan fingerprint density at radius 3 is 2.49 bits per heavy atom. The number of nitrogens with zero attached hydrogens (tertiary/aromatic N) is 1. The Kier molecular flexibility index (Phi) is 8.57. The van der Waals surface area contributed by atoms with Gasteiger partial charge in [0.15, 0.2) is 17.3 Å². The maximum Gasteiger partial charge on any atom is 0.336 e. The summed E-state index contributed by atoms with van der Waals surface area (Å²) >= 11 is 6.55. The van der Waals surface area contributed by atoms with Gasteiger partial charge in [0.2, 0.25) is 0 Å². The highest BCUT2D eigenvalue weighted by atomic mass is 35.5. The first-order chi connectivity index (χ1) is 18.7. The van der Waals surface area contributed by atoms with Crippen molar-refractivity contribution in [2.45, 2.75) is 31.6 Å². The Morgan fingerprint density at radius 1 is 1.08 bits per heavy atom. The number of dihydropyridines is 1. The number of non-ortho nitro benzene ring substituents is 1. The molecule has 1 heterocycles. The van der Waals surface area contributed by atoms with Crippen LogP contribution < -0.4 is 14.8 Å². The molecule has 0 bridgehead atoms. The summed E-state index contributed by atoms with van der Waals surface area (Å²) in [6.45, 7) is 1.90. The number of hydrogen-bond donors (Lipinski definition) is 1. The third-order valence-electron chi connectivity index (χ3n) is 6.95. The lowest BCUT2D eigenvalue weighted by molar-refractivity contribution is -0.384. The van der Waals surface area contributed by atoms with E-state index in [2.05, 4.69) is 5.32 Å². The highest BCUT2D eigenvalue weighted by Gasteiger charge is 2.42. The van der Waals surface area contributed by atoms with Crippen LogP contribution in [0, 0.1) is 10.1 Å². The van der Waals surface area contributed by atoms with E-state index in [1.807, 2.05) is 12.1 Å². The number of hydrogen-bond acceptors (Lipinski definition) is 9. The average molecular weight is 557 g/mol. The van der Waals surface area contributed by atoms with Crippen LogP contribution in [0.25, 0.3) is 0 Å². The molecular formula is C28H29ClN2O8. The van der Waals surface area contributed by atoms with Gasteiger partial charge in [0, 0.05) is 53.6 Å². The van der Waals surface area contributed by atoms with E-state index in [9.17, 15) is 19.7 Å². The second-order valence-electron chi connectivity index (χ2n) is 9.22. The van der Waals surface area contributed by atoms with Crippen LogP contribution in [0.4, 0.5) is 5.69 Å². The van der Waals surface area contributed by atoms with Gasteiger partial charge < -0.3 is 24.3 Å². The zero-order chi connectivity index (χ0) is 28.3. The van der Waals surface area contributed by atoms with Crippen molar-refractivity contribution in [3.8, 4) is 11.5 Å². The molecule has 0 radical (unpaired) electrons. The number of halogens is 1. The largest absolute Gasteiger partial charge is 0.493 e. The van der Waals surface area contributed by atoms with Crippen molar-refractivity contribution in [3.05, 3.63) is 85.2 Å². The summed E-state index contributed by atoms with van der Waals surface area (Å²) in [6.07, 6.45) is 0.618. The van der Waals surface area contributed by atoms with Gasteiger partial charge >= 0.3 is 5.97 Å². The zero-order valence-corrected chi connectivity index (χ0v) is 22.8. The van der Waals surface area contributed by atoms with Gasteiger partial charge in [-0.3, -0.25) is 14.9 Å². The quantitative estimate of drug-likeness (QED) is 0.200. The van der Waals surface area contributed by atoms with Crippen molar-refractivity contribution in [2.24, 2.45) is 0 Å². The molecule has 0 amide bonds. The summed E-state index contributed by atoms with van der Waals surface area (Å²) in [4.78, 5) is 38.1. The third-order valence-corrected chi connectivity index (χ3v) is 7.29. The Labute approximate surface area is 230 Å². The van der Waals surface area contributed by atoms with Crippen LogP contribution in [0.5, 0.6) is 11.5 Å². The van der Waals surface area contributed by atoms with Crippen LogP contribution in [-0.2, 0) is 19.1 Å². The fraction of sp³-hybridized carbons (Fsp3) is 0.357. The van der Waals surface area contributed by atoms with Crippen molar-refractivity contribution >= 4 is 29.0 Å². The number of ether oxygens (including phenoxy) is 4. The molecule has 1 aliphatic heterocycles. The van der Waals surface area contributed by atoms with E-state index in [0.29, 0.717) is 34.9 Å². The van der Waals surface area contributed by atoms with E-state index < -0.39 is 16.8 Å². The fourth-order valence-electron chi connectivity index (χ4n) is 5.12. The van der Waals surface area contributed by atoms with Crippen LogP contribution in [0.1, 0.15) is 42.7 Å². The van der Waals surface area contributed by atoms with Crippen molar-refractivity contribution in [3.63, 3.8) is 0 Å². The summed E-state index contributed by atoms with van der Waals surface area (Å²) in [6, 6.07) is 9.53. The molecule has 2 unspecified atom stereocenters. The Morgan fingerprint density at radius 2 is 1.82 bits per heavy atom. The predicted octanol–water partition coefficient (Wildman–Crippen LogP) is 4.82. The summed E-state index contributed by atoms with van der Waals surface area (Å²) < 4.78 is 21.2. The number of methoxy groups -OCH3 is 3. The Bertz CT molecular complexity index is 1380. The number of esters is 1. The SMILES string of the molecule is COCCOC(=O)C1=C(C)NC2=C(C(=O)CC(c3ccc(OC)c(OC)c3)C2)C1c1cc([N+](=O)[O-])ccc1Cl. The molecule has 4 rings (SSSR count). The summed E-state index contributed by atoms with van der Waals surface area (Å²) in [5, 5.41) is 15.0. The first kappa shape index (κ1) is 28.1. The van der Waals surface area contributed by atoms with E-state index >= 15 is 0 Å². The molecule has 11 heteroatoms. The molecule has 0 saturated carbocycles. The van der Waals surface area contributed by atoms with Gasteiger partial charge in [-0.05, 0) is 48.6 Å². The van der Waals surface area contributed by atoms with Gasteiger partial charge in [0.25, 0.3) is 5.69 Å². The van der Waals surface area contributed by atoms with Crippen LogP contribution in [0.2, 0.25) is 5.02 Å². The number of Topliss-reactive ketones (excluding diaryl/α,β-unsaturated/α-hetero) is 1. The summed E-state index contributed by atoms with van der Waals surface area (Å²) in [5.74, 6) is -0.848. The lowest BCUT2D eigenvalue weighted by Gasteiger charge is -2.37. The minimum Gasteiger partial charge on any atom is -0.493 e. The minimum absolute atomic E-state index is 0.00271. The first-order valence-electron chi connectivity index (χ1n) is 12.3. The van der Waals surface area contributed by atoms with Crippen molar-refractivity contribution < 1.29 is 33.5 Å². The fourth-order valence-corrected chi connectivity index (χ4v) is 5.35. The second-order valence-corrected chi connectivity index (χ2v) is 9.63. The van der Waals surface area contributed by atoms with Crippen molar-refractivity contribution in [1.29, 1.82) is 0 Å². The second kappa shape index (κ2) is 11.9. The number of rotatable bonds is 9. The summed E-state index contributed by atoms with van der Waals surface area (Å²) in [7, 11) is 4.58. The molecule has 0 saturated heterocycles. The van der Waals surface area contributed by atoms with Crippen LogP contribution >= 0.6 is 11.6 Å². The molecule has 2 aromatic carbocycles. The van der Waals surface area contributed by atoms with Crippen molar-refractivity contribution in [2.75, 3.05) is 34.5 Å². The molecule has 1 aliphatic carbocycles. The first-order valence-corrected chi connectivity index (χ1v) is 12.6. The lowest BCUT2D eigenvalue weighted by Crippen LogP contribution is -2.36. The third kappa shape index (κ3) is 5.62. The molecule has 0 fully saturated rings. The van der Waals surface area contributed by atoms with Gasteiger partial charge in [-0.15, -0.1) is 0 Å². The molecule has 10 nitrogen and oxygen atoms in total. The molecular weight excluding hydrogens is 528 g/mol. The molecule has 1 N–H and O–H groups in total. The highest BCUT2D eigenvalue weighted by Crippen LogP contribution is 2.48. The Balaban J connectivity index is 1.81. The average Bonchev–Trinajstić information content (AvgIpc) is 2.91. The zero-order valence-electron chi connectivity index (χ0n) is 22.0. The minimum atomic E-state index is -0.942.